The minimum absolute atomic E-state index is 0.118. The zero-order valence-electron chi connectivity index (χ0n) is 11.8. The molecule has 0 aliphatic rings. The molecule has 0 fully saturated rings. The molecule has 2 aromatic carbocycles. The van der Waals surface area contributed by atoms with E-state index in [4.69, 9.17) is 10.6 Å². The number of hydrogen-bond donors (Lipinski definition) is 2. The molecule has 1 heterocycles. The van der Waals surface area contributed by atoms with Gasteiger partial charge in [-0.25, -0.2) is 5.43 Å². The summed E-state index contributed by atoms with van der Waals surface area (Å²) in [7, 11) is 1.66. The van der Waals surface area contributed by atoms with E-state index in [1.165, 1.54) is 0 Å². The number of pyridine rings is 1. The third-order valence-corrected chi connectivity index (χ3v) is 3.62. The van der Waals surface area contributed by atoms with Crippen LogP contribution in [0.15, 0.2) is 60.9 Å². The molecule has 21 heavy (non-hydrogen) atoms. The zero-order chi connectivity index (χ0) is 14.7. The van der Waals surface area contributed by atoms with E-state index in [9.17, 15) is 0 Å². The summed E-state index contributed by atoms with van der Waals surface area (Å²) in [5.41, 5.74) is 5.04. The Labute approximate surface area is 123 Å². The molecule has 4 heteroatoms. The van der Waals surface area contributed by atoms with Crippen molar-refractivity contribution >= 4 is 10.8 Å². The molecule has 0 spiro atoms. The molecule has 0 radical (unpaired) electrons. The molecule has 0 saturated carbocycles. The van der Waals surface area contributed by atoms with Gasteiger partial charge in [-0.15, -0.1) is 0 Å². The Hall–Kier alpha value is -2.43. The molecule has 1 aromatic heterocycles. The molecule has 1 atom stereocenters. The first-order valence-corrected chi connectivity index (χ1v) is 6.76. The van der Waals surface area contributed by atoms with Crippen molar-refractivity contribution in [3.05, 3.63) is 72.1 Å². The number of aromatic nitrogens is 1. The number of nitrogens with two attached hydrogens (primary N) is 1. The minimum atomic E-state index is -0.118. The smallest absolute Gasteiger partial charge is 0.119 e. The van der Waals surface area contributed by atoms with Gasteiger partial charge in [0.05, 0.1) is 13.2 Å². The number of nitrogens with one attached hydrogen (secondary N) is 1. The van der Waals surface area contributed by atoms with E-state index in [2.05, 4.69) is 22.5 Å². The van der Waals surface area contributed by atoms with Crippen molar-refractivity contribution in [1.82, 2.24) is 10.4 Å². The van der Waals surface area contributed by atoms with Crippen LogP contribution in [0.1, 0.15) is 17.2 Å². The molecule has 0 aliphatic heterocycles. The second kappa shape index (κ2) is 5.91. The average molecular weight is 279 g/mol. The Morgan fingerprint density at radius 3 is 2.81 bits per heavy atom. The van der Waals surface area contributed by atoms with Crippen LogP contribution in [0.4, 0.5) is 0 Å². The fourth-order valence-corrected chi connectivity index (χ4v) is 2.58. The predicted octanol–water partition coefficient (Wildman–Crippen LogP) is 2.80. The van der Waals surface area contributed by atoms with Crippen molar-refractivity contribution in [3.63, 3.8) is 0 Å². The maximum atomic E-state index is 5.81. The van der Waals surface area contributed by atoms with Crippen LogP contribution in [-0.4, -0.2) is 12.1 Å². The quantitative estimate of drug-likeness (QED) is 0.569. The van der Waals surface area contributed by atoms with Gasteiger partial charge in [-0.05, 0) is 34.7 Å². The topological polar surface area (TPSA) is 60.2 Å². The van der Waals surface area contributed by atoms with Crippen LogP contribution in [0, 0.1) is 0 Å². The van der Waals surface area contributed by atoms with Crippen molar-refractivity contribution in [2.75, 3.05) is 7.11 Å². The van der Waals surface area contributed by atoms with Crippen LogP contribution in [-0.2, 0) is 0 Å². The molecule has 0 saturated heterocycles. The molecule has 0 aliphatic carbocycles. The number of hydrogen-bond acceptors (Lipinski definition) is 4. The van der Waals surface area contributed by atoms with Crippen molar-refractivity contribution < 1.29 is 4.74 Å². The van der Waals surface area contributed by atoms with E-state index in [1.807, 2.05) is 42.6 Å². The molecule has 106 valence electrons. The fourth-order valence-electron chi connectivity index (χ4n) is 2.58. The summed E-state index contributed by atoms with van der Waals surface area (Å²) in [6.45, 7) is 0. The summed E-state index contributed by atoms with van der Waals surface area (Å²) in [5.74, 6) is 6.62. The van der Waals surface area contributed by atoms with E-state index >= 15 is 0 Å². The van der Waals surface area contributed by atoms with E-state index in [0.717, 1.165) is 27.6 Å². The first kappa shape index (κ1) is 13.5. The highest BCUT2D eigenvalue weighted by molar-refractivity contribution is 5.85. The SMILES string of the molecule is COc1cccc(C(NN)c2cccc3ccncc23)c1. The fraction of sp³-hybridized carbons (Fsp3) is 0.118. The lowest BCUT2D eigenvalue weighted by molar-refractivity contribution is 0.413. The zero-order valence-corrected chi connectivity index (χ0v) is 11.8. The van der Waals surface area contributed by atoms with Crippen LogP contribution >= 0.6 is 0 Å². The van der Waals surface area contributed by atoms with E-state index in [-0.39, 0.29) is 6.04 Å². The Bertz CT molecular complexity index is 752. The second-order valence-corrected chi connectivity index (χ2v) is 4.82. The number of nitrogens with zero attached hydrogens (tertiary/aromatic N) is 1. The van der Waals surface area contributed by atoms with E-state index in [1.54, 1.807) is 13.3 Å². The average Bonchev–Trinajstić information content (AvgIpc) is 2.56. The summed E-state index contributed by atoms with van der Waals surface area (Å²) < 4.78 is 5.29. The maximum absolute atomic E-state index is 5.81. The standard InChI is InChI=1S/C17H17N3O/c1-21-14-6-2-5-13(10-14)17(20-18)15-7-3-4-12-8-9-19-11-16(12)15/h2-11,17,20H,18H2,1H3. The van der Waals surface area contributed by atoms with Gasteiger partial charge in [0.2, 0.25) is 0 Å². The number of hydrazine groups is 1. The lowest BCUT2D eigenvalue weighted by Crippen LogP contribution is -2.29. The number of rotatable bonds is 4. The third kappa shape index (κ3) is 2.59. The van der Waals surface area contributed by atoms with Gasteiger partial charge in [0.15, 0.2) is 0 Å². The van der Waals surface area contributed by atoms with Gasteiger partial charge in [-0.3, -0.25) is 10.8 Å². The molecule has 1 unspecified atom stereocenters. The lowest BCUT2D eigenvalue weighted by Gasteiger charge is -2.19. The third-order valence-electron chi connectivity index (χ3n) is 3.62. The Kier molecular flexibility index (Phi) is 3.81. The largest absolute Gasteiger partial charge is 0.497 e. The van der Waals surface area contributed by atoms with Crippen molar-refractivity contribution in [1.29, 1.82) is 0 Å². The van der Waals surface area contributed by atoms with Crippen molar-refractivity contribution in [3.8, 4) is 5.75 Å². The van der Waals surface area contributed by atoms with Crippen LogP contribution in [0.25, 0.3) is 10.8 Å². The summed E-state index contributed by atoms with van der Waals surface area (Å²) >= 11 is 0. The highest BCUT2D eigenvalue weighted by Crippen LogP contribution is 2.29. The van der Waals surface area contributed by atoms with Crippen LogP contribution in [0.3, 0.4) is 0 Å². The van der Waals surface area contributed by atoms with Gasteiger partial charge >= 0.3 is 0 Å². The Morgan fingerprint density at radius 1 is 1.14 bits per heavy atom. The van der Waals surface area contributed by atoms with Crippen molar-refractivity contribution in [2.24, 2.45) is 5.84 Å². The number of methoxy groups -OCH3 is 1. The van der Waals surface area contributed by atoms with Gasteiger partial charge < -0.3 is 4.74 Å². The van der Waals surface area contributed by atoms with Gasteiger partial charge in [0.1, 0.15) is 5.75 Å². The first-order valence-electron chi connectivity index (χ1n) is 6.76. The van der Waals surface area contributed by atoms with E-state index < -0.39 is 0 Å². The van der Waals surface area contributed by atoms with Gasteiger partial charge in [0.25, 0.3) is 0 Å². The highest BCUT2D eigenvalue weighted by Gasteiger charge is 2.15. The Balaban J connectivity index is 2.13. The molecule has 3 N–H and O–H groups in total. The Morgan fingerprint density at radius 2 is 2.00 bits per heavy atom. The van der Waals surface area contributed by atoms with Crippen LogP contribution in [0.2, 0.25) is 0 Å². The number of benzene rings is 2. The summed E-state index contributed by atoms with van der Waals surface area (Å²) in [5, 5.41) is 2.23. The molecule has 4 nitrogen and oxygen atoms in total. The van der Waals surface area contributed by atoms with Crippen LogP contribution < -0.4 is 16.0 Å². The van der Waals surface area contributed by atoms with Gasteiger partial charge in [-0.1, -0.05) is 30.3 Å². The van der Waals surface area contributed by atoms with Crippen molar-refractivity contribution in [2.45, 2.75) is 6.04 Å². The number of ether oxygens (including phenoxy) is 1. The molecule has 0 bridgehead atoms. The monoisotopic (exact) mass is 279 g/mol. The van der Waals surface area contributed by atoms with Gasteiger partial charge in [-0.2, -0.15) is 0 Å². The van der Waals surface area contributed by atoms with E-state index in [0.29, 0.717) is 0 Å². The maximum Gasteiger partial charge on any atom is 0.119 e. The highest BCUT2D eigenvalue weighted by atomic mass is 16.5. The molecule has 3 aromatic rings. The summed E-state index contributed by atoms with van der Waals surface area (Å²) in [4.78, 5) is 4.22. The molecule has 3 rings (SSSR count). The summed E-state index contributed by atoms with van der Waals surface area (Å²) in [6, 6.07) is 15.9. The molecular formula is C17H17N3O. The normalized spacial score (nSPS) is 12.3. The first-order chi connectivity index (χ1) is 10.3. The number of fused-ring (bicyclic) bond motifs is 1. The lowest BCUT2D eigenvalue weighted by atomic mass is 9.95. The van der Waals surface area contributed by atoms with Gasteiger partial charge in [0, 0.05) is 17.8 Å². The second-order valence-electron chi connectivity index (χ2n) is 4.82. The molecular weight excluding hydrogens is 262 g/mol. The molecule has 0 amide bonds. The summed E-state index contributed by atoms with van der Waals surface area (Å²) in [6.07, 6.45) is 3.66. The predicted molar refractivity (Wildman–Crippen MR) is 83.9 cm³/mol. The minimum Gasteiger partial charge on any atom is -0.497 e. The van der Waals surface area contributed by atoms with Crippen LogP contribution in [0.5, 0.6) is 5.75 Å².